The summed E-state index contributed by atoms with van der Waals surface area (Å²) in [5.74, 6) is 1.74. The molecule has 0 saturated carbocycles. The third-order valence-electron chi connectivity index (χ3n) is 2.75. The molecule has 2 heterocycles. The van der Waals surface area contributed by atoms with Gasteiger partial charge in [-0.2, -0.15) is 0 Å². The summed E-state index contributed by atoms with van der Waals surface area (Å²) in [7, 11) is 0. The minimum atomic E-state index is 0.677. The molecule has 0 aliphatic carbocycles. The molecule has 0 fully saturated rings. The fourth-order valence-corrected chi connectivity index (χ4v) is 1.95. The number of pyridine rings is 1. The summed E-state index contributed by atoms with van der Waals surface area (Å²) in [5, 5.41) is 3.26. The highest BCUT2D eigenvalue weighted by Gasteiger charge is 2.05. The zero-order valence-electron chi connectivity index (χ0n) is 11.6. The van der Waals surface area contributed by atoms with Gasteiger partial charge in [-0.05, 0) is 25.5 Å². The summed E-state index contributed by atoms with van der Waals surface area (Å²) in [5.41, 5.74) is 2.10. The lowest BCUT2D eigenvalue weighted by atomic mass is 10.2. The molecule has 4 heteroatoms. The van der Waals surface area contributed by atoms with Gasteiger partial charge in [0.25, 0.3) is 0 Å². The maximum absolute atomic E-state index is 4.61. The Morgan fingerprint density at radius 1 is 1.11 bits per heavy atom. The lowest BCUT2D eigenvalue weighted by molar-refractivity contribution is 0.835. The van der Waals surface area contributed by atoms with Gasteiger partial charge in [-0.3, -0.25) is 4.98 Å². The topological polar surface area (TPSA) is 50.7 Å². The van der Waals surface area contributed by atoms with Crippen molar-refractivity contribution in [3.63, 3.8) is 0 Å². The van der Waals surface area contributed by atoms with Crippen LogP contribution in [-0.2, 0) is 12.8 Å². The van der Waals surface area contributed by atoms with Crippen molar-refractivity contribution in [2.24, 2.45) is 0 Å². The molecule has 0 spiro atoms. The molecular weight excluding hydrogens is 236 g/mol. The number of anilines is 1. The number of aromatic nitrogens is 3. The Labute approximate surface area is 114 Å². The predicted molar refractivity (Wildman–Crippen MR) is 77.2 cm³/mol. The van der Waals surface area contributed by atoms with Gasteiger partial charge >= 0.3 is 0 Å². The monoisotopic (exact) mass is 256 g/mol. The Hall–Kier alpha value is -1.97. The molecular formula is C15H20N4. The molecule has 2 aromatic heterocycles. The highest BCUT2D eigenvalue weighted by atomic mass is 15.0. The third kappa shape index (κ3) is 4.02. The summed E-state index contributed by atoms with van der Waals surface area (Å²) in [4.78, 5) is 13.5. The number of hydrogen-bond acceptors (Lipinski definition) is 4. The van der Waals surface area contributed by atoms with Crippen LogP contribution in [0.1, 0.15) is 37.5 Å². The minimum Gasteiger partial charge on any atom is -0.370 e. The van der Waals surface area contributed by atoms with E-state index >= 15 is 0 Å². The zero-order chi connectivity index (χ0) is 13.5. The third-order valence-corrected chi connectivity index (χ3v) is 2.75. The van der Waals surface area contributed by atoms with Crippen molar-refractivity contribution < 1.29 is 0 Å². The van der Waals surface area contributed by atoms with Crippen LogP contribution in [0.15, 0.2) is 30.5 Å². The quantitative estimate of drug-likeness (QED) is 0.863. The van der Waals surface area contributed by atoms with Crippen LogP contribution in [0.5, 0.6) is 0 Å². The van der Waals surface area contributed by atoms with E-state index in [9.17, 15) is 0 Å². The van der Waals surface area contributed by atoms with Crippen LogP contribution in [0.2, 0.25) is 0 Å². The highest BCUT2D eigenvalue weighted by Crippen LogP contribution is 2.11. The molecule has 0 aliphatic rings. The molecule has 4 nitrogen and oxygen atoms in total. The van der Waals surface area contributed by atoms with Gasteiger partial charge in [-0.1, -0.05) is 19.4 Å². The Kier molecular flexibility index (Phi) is 4.84. The fourth-order valence-electron chi connectivity index (χ4n) is 1.95. The summed E-state index contributed by atoms with van der Waals surface area (Å²) in [6.45, 7) is 5.10. The second kappa shape index (κ2) is 6.83. The first kappa shape index (κ1) is 13.5. The smallest absolute Gasteiger partial charge is 0.136 e. The van der Waals surface area contributed by atoms with Crippen LogP contribution >= 0.6 is 0 Å². The molecule has 19 heavy (non-hydrogen) atoms. The van der Waals surface area contributed by atoms with Crippen molar-refractivity contribution in [2.75, 3.05) is 11.9 Å². The predicted octanol–water partition coefficient (Wildman–Crippen LogP) is 2.85. The Bertz CT molecular complexity index is 487. The van der Waals surface area contributed by atoms with Crippen LogP contribution in [-0.4, -0.2) is 21.5 Å². The van der Waals surface area contributed by atoms with Gasteiger partial charge < -0.3 is 5.32 Å². The standard InChI is InChI=1S/C15H20N4/c1-3-7-13-11-14(16-4-2)19-15(18-13)10-12-8-5-6-9-17-12/h5-6,8-9,11H,3-4,7,10H2,1-2H3,(H,16,18,19). The van der Waals surface area contributed by atoms with E-state index in [2.05, 4.69) is 34.1 Å². The van der Waals surface area contributed by atoms with Gasteiger partial charge in [0, 0.05) is 30.2 Å². The lowest BCUT2D eigenvalue weighted by Crippen LogP contribution is -2.07. The lowest BCUT2D eigenvalue weighted by Gasteiger charge is -2.08. The van der Waals surface area contributed by atoms with Crippen LogP contribution in [0, 0.1) is 0 Å². The van der Waals surface area contributed by atoms with E-state index in [1.54, 1.807) is 6.20 Å². The Balaban J connectivity index is 2.23. The summed E-state index contributed by atoms with van der Waals surface area (Å²) < 4.78 is 0. The van der Waals surface area contributed by atoms with E-state index in [4.69, 9.17) is 0 Å². The number of rotatable bonds is 6. The van der Waals surface area contributed by atoms with E-state index in [-0.39, 0.29) is 0 Å². The van der Waals surface area contributed by atoms with Crippen molar-refractivity contribution in [1.82, 2.24) is 15.0 Å². The molecule has 0 unspecified atom stereocenters. The molecule has 0 atom stereocenters. The van der Waals surface area contributed by atoms with Gasteiger partial charge in [0.15, 0.2) is 0 Å². The van der Waals surface area contributed by atoms with Crippen molar-refractivity contribution in [3.05, 3.63) is 47.7 Å². The largest absolute Gasteiger partial charge is 0.370 e. The van der Waals surface area contributed by atoms with Crippen LogP contribution < -0.4 is 5.32 Å². The van der Waals surface area contributed by atoms with E-state index in [1.165, 1.54) is 0 Å². The Morgan fingerprint density at radius 2 is 2.00 bits per heavy atom. The number of nitrogens with one attached hydrogen (secondary N) is 1. The molecule has 0 amide bonds. The Morgan fingerprint density at radius 3 is 2.68 bits per heavy atom. The average Bonchev–Trinajstić information content (AvgIpc) is 2.40. The van der Waals surface area contributed by atoms with E-state index in [1.807, 2.05) is 24.3 Å². The highest BCUT2D eigenvalue weighted by molar-refractivity contribution is 5.36. The first-order valence-corrected chi connectivity index (χ1v) is 6.82. The second-order valence-corrected chi connectivity index (χ2v) is 4.44. The normalized spacial score (nSPS) is 10.4. The van der Waals surface area contributed by atoms with Crippen molar-refractivity contribution >= 4 is 5.82 Å². The van der Waals surface area contributed by atoms with Crippen LogP contribution in [0.4, 0.5) is 5.82 Å². The number of nitrogens with zero attached hydrogens (tertiary/aromatic N) is 3. The summed E-state index contributed by atoms with van der Waals surface area (Å²) >= 11 is 0. The van der Waals surface area contributed by atoms with E-state index < -0.39 is 0 Å². The first-order valence-electron chi connectivity index (χ1n) is 6.82. The molecule has 2 rings (SSSR count). The molecule has 1 N–H and O–H groups in total. The van der Waals surface area contributed by atoms with E-state index in [0.717, 1.165) is 42.4 Å². The SMILES string of the molecule is CCCc1cc(NCC)nc(Cc2ccccn2)n1. The molecule has 0 aliphatic heterocycles. The minimum absolute atomic E-state index is 0.677. The number of hydrogen-bond donors (Lipinski definition) is 1. The molecule has 2 aromatic rings. The number of aryl methyl sites for hydroxylation is 1. The van der Waals surface area contributed by atoms with Gasteiger partial charge in [0.2, 0.25) is 0 Å². The van der Waals surface area contributed by atoms with Crippen molar-refractivity contribution in [1.29, 1.82) is 0 Å². The maximum atomic E-state index is 4.61. The van der Waals surface area contributed by atoms with Crippen molar-refractivity contribution in [2.45, 2.75) is 33.1 Å². The maximum Gasteiger partial charge on any atom is 0.136 e. The average molecular weight is 256 g/mol. The van der Waals surface area contributed by atoms with Gasteiger partial charge in [0.1, 0.15) is 11.6 Å². The van der Waals surface area contributed by atoms with Gasteiger partial charge in [0.05, 0.1) is 6.42 Å². The van der Waals surface area contributed by atoms with Crippen molar-refractivity contribution in [3.8, 4) is 0 Å². The van der Waals surface area contributed by atoms with Crippen LogP contribution in [0.25, 0.3) is 0 Å². The first-order chi connectivity index (χ1) is 9.31. The molecule has 0 saturated heterocycles. The summed E-state index contributed by atoms with van der Waals surface area (Å²) in [6, 6.07) is 7.95. The van der Waals surface area contributed by atoms with E-state index in [0.29, 0.717) is 6.42 Å². The second-order valence-electron chi connectivity index (χ2n) is 4.44. The molecule has 100 valence electrons. The molecule has 0 aromatic carbocycles. The van der Waals surface area contributed by atoms with Crippen LogP contribution in [0.3, 0.4) is 0 Å². The molecule has 0 bridgehead atoms. The summed E-state index contributed by atoms with van der Waals surface area (Å²) in [6.07, 6.45) is 4.55. The van der Waals surface area contributed by atoms with Gasteiger partial charge in [-0.15, -0.1) is 0 Å². The molecule has 0 radical (unpaired) electrons. The fraction of sp³-hybridized carbons (Fsp3) is 0.400. The zero-order valence-corrected chi connectivity index (χ0v) is 11.6. The van der Waals surface area contributed by atoms with Gasteiger partial charge in [-0.25, -0.2) is 9.97 Å².